The number of carbonyl (C=O) groups excluding carboxylic acids is 1. The van der Waals surface area contributed by atoms with Gasteiger partial charge in [-0.15, -0.1) is 22.7 Å². The van der Waals surface area contributed by atoms with Gasteiger partial charge in [0.25, 0.3) is 0 Å². The van der Waals surface area contributed by atoms with E-state index in [-0.39, 0.29) is 5.91 Å². The number of nitrogens with zero attached hydrogens (tertiary/aromatic N) is 3. The SMILES string of the molecule is CCc1c(CCN2CCN(c3csc4cc(C)ccc34)CC2)sc2c1CCN(C(C)=O)C2. The second-order valence-electron chi connectivity index (χ2n) is 9.15. The number of hydrogen-bond acceptors (Lipinski definition) is 5. The van der Waals surface area contributed by atoms with Crippen molar-refractivity contribution >= 4 is 44.4 Å². The molecule has 0 radical (unpaired) electrons. The summed E-state index contributed by atoms with van der Waals surface area (Å²) in [6.45, 7) is 13.5. The maximum absolute atomic E-state index is 11.8. The summed E-state index contributed by atoms with van der Waals surface area (Å²) in [7, 11) is 0. The molecule has 2 aromatic heterocycles. The molecule has 170 valence electrons. The zero-order chi connectivity index (χ0) is 22.2. The molecule has 0 bridgehead atoms. The molecule has 4 heterocycles. The lowest BCUT2D eigenvalue weighted by Gasteiger charge is -2.35. The number of thiophene rings is 2. The molecule has 0 unspecified atom stereocenters. The van der Waals surface area contributed by atoms with Crippen molar-refractivity contribution in [1.82, 2.24) is 9.80 Å². The van der Waals surface area contributed by atoms with Gasteiger partial charge in [-0.05, 0) is 48.9 Å². The smallest absolute Gasteiger partial charge is 0.219 e. The van der Waals surface area contributed by atoms with Gasteiger partial charge in [-0.2, -0.15) is 0 Å². The van der Waals surface area contributed by atoms with Gasteiger partial charge < -0.3 is 9.80 Å². The van der Waals surface area contributed by atoms with Crippen molar-refractivity contribution in [3.63, 3.8) is 0 Å². The van der Waals surface area contributed by atoms with Gasteiger partial charge >= 0.3 is 0 Å². The molecule has 0 spiro atoms. The normalized spacial score (nSPS) is 17.2. The zero-order valence-corrected chi connectivity index (χ0v) is 21.1. The van der Waals surface area contributed by atoms with Crippen molar-refractivity contribution in [3.8, 4) is 0 Å². The highest BCUT2D eigenvalue weighted by atomic mass is 32.1. The van der Waals surface area contributed by atoms with Crippen molar-refractivity contribution < 1.29 is 4.79 Å². The number of aryl methyl sites for hydroxylation is 1. The number of carbonyl (C=O) groups is 1. The quantitative estimate of drug-likeness (QED) is 0.522. The van der Waals surface area contributed by atoms with E-state index in [1.54, 1.807) is 22.9 Å². The highest BCUT2D eigenvalue weighted by Crippen LogP contribution is 2.35. The Balaban J connectivity index is 1.20. The zero-order valence-electron chi connectivity index (χ0n) is 19.4. The van der Waals surface area contributed by atoms with Crippen LogP contribution in [-0.2, 0) is 30.6 Å². The summed E-state index contributed by atoms with van der Waals surface area (Å²) >= 11 is 3.84. The van der Waals surface area contributed by atoms with E-state index >= 15 is 0 Å². The van der Waals surface area contributed by atoms with Gasteiger partial charge in [0.05, 0.1) is 12.2 Å². The Morgan fingerprint density at radius 3 is 2.69 bits per heavy atom. The predicted octanol–water partition coefficient (Wildman–Crippen LogP) is 5.10. The summed E-state index contributed by atoms with van der Waals surface area (Å²) in [5.74, 6) is 0.204. The van der Waals surface area contributed by atoms with E-state index in [2.05, 4.69) is 47.2 Å². The Kier molecular flexibility index (Phi) is 6.28. The number of fused-ring (bicyclic) bond motifs is 2. The molecule has 4 nitrogen and oxygen atoms in total. The third-order valence-electron chi connectivity index (χ3n) is 7.13. The highest BCUT2D eigenvalue weighted by molar-refractivity contribution is 7.17. The van der Waals surface area contributed by atoms with E-state index < -0.39 is 0 Å². The van der Waals surface area contributed by atoms with Crippen LogP contribution in [0.1, 0.15) is 40.3 Å². The van der Waals surface area contributed by atoms with Gasteiger partial charge in [0.2, 0.25) is 5.91 Å². The van der Waals surface area contributed by atoms with Crippen molar-refractivity contribution in [2.75, 3.05) is 44.2 Å². The van der Waals surface area contributed by atoms with E-state index in [1.165, 1.54) is 26.2 Å². The molecule has 1 amide bonds. The van der Waals surface area contributed by atoms with Gasteiger partial charge in [0.15, 0.2) is 0 Å². The van der Waals surface area contributed by atoms with Crippen LogP contribution < -0.4 is 4.90 Å². The van der Waals surface area contributed by atoms with E-state index in [0.717, 1.165) is 65.1 Å². The summed E-state index contributed by atoms with van der Waals surface area (Å²) in [5.41, 5.74) is 5.88. The molecule has 1 fully saturated rings. The third kappa shape index (κ3) is 4.20. The Morgan fingerprint density at radius 1 is 1.12 bits per heavy atom. The van der Waals surface area contributed by atoms with E-state index in [4.69, 9.17) is 0 Å². The van der Waals surface area contributed by atoms with Crippen LogP contribution in [0.3, 0.4) is 0 Å². The molecule has 0 N–H and O–H groups in total. The van der Waals surface area contributed by atoms with Gasteiger partial charge in [0, 0.05) is 71.4 Å². The monoisotopic (exact) mass is 467 g/mol. The van der Waals surface area contributed by atoms with Crippen molar-refractivity contribution in [2.24, 2.45) is 0 Å². The first-order valence-corrected chi connectivity index (χ1v) is 13.6. The van der Waals surface area contributed by atoms with Crippen LogP contribution in [0, 0.1) is 6.92 Å². The first-order valence-electron chi connectivity index (χ1n) is 11.9. The molecule has 32 heavy (non-hydrogen) atoms. The number of amides is 1. The maximum atomic E-state index is 11.8. The topological polar surface area (TPSA) is 26.8 Å². The first-order chi connectivity index (χ1) is 15.5. The molecule has 1 saturated heterocycles. The maximum Gasteiger partial charge on any atom is 0.219 e. The van der Waals surface area contributed by atoms with Gasteiger partial charge in [-0.3, -0.25) is 9.69 Å². The van der Waals surface area contributed by atoms with Crippen LogP contribution >= 0.6 is 22.7 Å². The standard InChI is InChI=1S/C26H33N3OS2/c1-4-20-21-7-10-29(19(3)30)16-26(21)32-24(20)8-9-27-11-13-28(14-12-27)23-17-31-25-15-18(2)5-6-22(23)25/h5-6,15,17H,4,7-14,16H2,1-3H3. The summed E-state index contributed by atoms with van der Waals surface area (Å²) in [5, 5.41) is 3.75. The highest BCUT2D eigenvalue weighted by Gasteiger charge is 2.25. The predicted molar refractivity (Wildman–Crippen MR) is 137 cm³/mol. The van der Waals surface area contributed by atoms with Crippen LogP contribution in [0.4, 0.5) is 5.69 Å². The Labute approximate surface area is 199 Å². The lowest BCUT2D eigenvalue weighted by Crippen LogP contribution is -2.46. The molecule has 0 atom stereocenters. The number of rotatable bonds is 5. The fourth-order valence-corrected chi connectivity index (χ4v) is 7.76. The molecule has 0 saturated carbocycles. The van der Waals surface area contributed by atoms with Crippen LogP contribution in [0.15, 0.2) is 23.6 Å². The van der Waals surface area contributed by atoms with E-state index in [9.17, 15) is 4.79 Å². The molecule has 1 aromatic carbocycles. The molecule has 5 rings (SSSR count). The first kappa shape index (κ1) is 21.9. The minimum absolute atomic E-state index is 0.204. The second-order valence-corrected chi connectivity index (χ2v) is 11.2. The minimum atomic E-state index is 0.204. The van der Waals surface area contributed by atoms with Gasteiger partial charge in [0.1, 0.15) is 0 Å². The second kappa shape index (κ2) is 9.16. The lowest BCUT2D eigenvalue weighted by atomic mass is 9.99. The van der Waals surface area contributed by atoms with Crippen LogP contribution in [-0.4, -0.2) is 55.0 Å². The number of piperazine rings is 1. The molecule has 0 aliphatic carbocycles. The van der Waals surface area contributed by atoms with Crippen molar-refractivity contribution in [3.05, 3.63) is 50.0 Å². The Bertz CT molecular complexity index is 1120. The average molecular weight is 468 g/mol. The third-order valence-corrected chi connectivity index (χ3v) is 9.38. The summed E-state index contributed by atoms with van der Waals surface area (Å²) < 4.78 is 1.40. The molecule has 3 aromatic rings. The van der Waals surface area contributed by atoms with Crippen LogP contribution in [0.25, 0.3) is 10.1 Å². The van der Waals surface area contributed by atoms with Crippen molar-refractivity contribution in [1.29, 1.82) is 0 Å². The Morgan fingerprint density at radius 2 is 1.94 bits per heavy atom. The minimum Gasteiger partial charge on any atom is -0.368 e. The summed E-state index contributed by atoms with van der Waals surface area (Å²) in [4.78, 5) is 22.0. The number of hydrogen-bond donors (Lipinski definition) is 0. The van der Waals surface area contributed by atoms with Crippen LogP contribution in [0.2, 0.25) is 0 Å². The molecule has 2 aliphatic heterocycles. The molecular weight excluding hydrogens is 434 g/mol. The number of anilines is 1. The molecule has 6 heteroatoms. The van der Waals surface area contributed by atoms with E-state index in [0.29, 0.717) is 0 Å². The fourth-order valence-electron chi connectivity index (χ4n) is 5.25. The van der Waals surface area contributed by atoms with Gasteiger partial charge in [-0.1, -0.05) is 19.1 Å². The Hall–Kier alpha value is -1.89. The average Bonchev–Trinajstić information content (AvgIpc) is 3.37. The van der Waals surface area contributed by atoms with Crippen LogP contribution in [0.5, 0.6) is 0 Å². The molecular formula is C26H33N3OS2. The fraction of sp³-hybridized carbons (Fsp3) is 0.500. The summed E-state index contributed by atoms with van der Waals surface area (Å²) in [6.07, 6.45) is 3.28. The summed E-state index contributed by atoms with van der Waals surface area (Å²) in [6, 6.07) is 6.83. The van der Waals surface area contributed by atoms with Crippen molar-refractivity contribution in [2.45, 2.75) is 46.6 Å². The van der Waals surface area contributed by atoms with E-state index in [1.807, 2.05) is 27.6 Å². The van der Waals surface area contributed by atoms with Gasteiger partial charge in [-0.25, -0.2) is 0 Å². The largest absolute Gasteiger partial charge is 0.368 e. The lowest BCUT2D eigenvalue weighted by molar-refractivity contribution is -0.129. The molecule has 2 aliphatic rings. The number of benzene rings is 1.